The first-order valence-corrected chi connectivity index (χ1v) is 6.67. The van der Waals surface area contributed by atoms with E-state index in [4.69, 9.17) is 17.3 Å². The maximum Gasteiger partial charge on any atom is 0.164 e. The number of ketones is 1. The van der Waals surface area contributed by atoms with Gasteiger partial charge in [-0.25, -0.2) is 0 Å². The third-order valence-corrected chi connectivity index (χ3v) is 3.26. The zero-order chi connectivity index (χ0) is 13.7. The molecule has 0 unspecified atom stereocenters. The third kappa shape index (κ3) is 3.83. The van der Waals surface area contributed by atoms with Crippen molar-refractivity contribution in [2.75, 3.05) is 5.73 Å². The van der Waals surface area contributed by atoms with Crippen LogP contribution in [0.15, 0.2) is 48.5 Å². The van der Waals surface area contributed by atoms with Gasteiger partial charge in [0.1, 0.15) is 0 Å². The van der Waals surface area contributed by atoms with Gasteiger partial charge in [-0.05, 0) is 36.6 Å². The van der Waals surface area contributed by atoms with E-state index in [-0.39, 0.29) is 5.78 Å². The Labute approximate surface area is 118 Å². The number of rotatable bonds is 5. The average molecular weight is 274 g/mol. The number of hydrogen-bond acceptors (Lipinski definition) is 2. The van der Waals surface area contributed by atoms with E-state index in [0.717, 1.165) is 12.8 Å². The molecule has 0 aliphatic rings. The normalized spacial score (nSPS) is 10.4. The standard InChI is InChI=1S/C16H16ClNO/c17-13-9-10-14(15(18)11-13)16(19)8-4-7-12-5-2-1-3-6-12/h1-3,5-6,9-11H,4,7-8,18H2. The summed E-state index contributed by atoms with van der Waals surface area (Å²) in [6.07, 6.45) is 2.23. The molecule has 0 aliphatic heterocycles. The lowest BCUT2D eigenvalue weighted by molar-refractivity contribution is 0.0981. The van der Waals surface area contributed by atoms with Gasteiger partial charge in [-0.3, -0.25) is 4.79 Å². The van der Waals surface area contributed by atoms with Gasteiger partial charge >= 0.3 is 0 Å². The number of nitrogens with two attached hydrogens (primary N) is 1. The number of anilines is 1. The van der Waals surface area contributed by atoms with E-state index < -0.39 is 0 Å². The number of Topliss-reactive ketones (excluding diaryl/α,β-unsaturated/α-hetero) is 1. The first-order chi connectivity index (χ1) is 9.16. The van der Waals surface area contributed by atoms with Crippen LogP contribution in [0.3, 0.4) is 0 Å². The summed E-state index contributed by atoms with van der Waals surface area (Å²) in [6.45, 7) is 0. The Morgan fingerprint density at radius 2 is 1.84 bits per heavy atom. The van der Waals surface area contributed by atoms with E-state index in [2.05, 4.69) is 12.1 Å². The van der Waals surface area contributed by atoms with Gasteiger partial charge in [-0.15, -0.1) is 0 Å². The number of carbonyl (C=O) groups excluding carboxylic acids is 1. The summed E-state index contributed by atoms with van der Waals surface area (Å²) in [5, 5.41) is 0.554. The summed E-state index contributed by atoms with van der Waals surface area (Å²) >= 11 is 5.81. The summed E-state index contributed by atoms with van der Waals surface area (Å²) in [7, 11) is 0. The van der Waals surface area contributed by atoms with E-state index >= 15 is 0 Å². The highest BCUT2D eigenvalue weighted by Crippen LogP contribution is 2.20. The summed E-state index contributed by atoms with van der Waals surface area (Å²) in [4.78, 5) is 12.0. The summed E-state index contributed by atoms with van der Waals surface area (Å²) in [5.41, 5.74) is 8.07. The van der Waals surface area contributed by atoms with Gasteiger partial charge in [0.15, 0.2) is 5.78 Å². The van der Waals surface area contributed by atoms with Gasteiger partial charge in [0, 0.05) is 22.7 Å². The molecule has 0 bridgehead atoms. The second-order valence-corrected chi connectivity index (χ2v) is 4.93. The quantitative estimate of drug-likeness (QED) is 0.657. The zero-order valence-electron chi connectivity index (χ0n) is 10.6. The van der Waals surface area contributed by atoms with Crippen LogP contribution in [0.25, 0.3) is 0 Å². The van der Waals surface area contributed by atoms with E-state index in [1.54, 1.807) is 18.2 Å². The van der Waals surface area contributed by atoms with Crippen molar-refractivity contribution in [1.82, 2.24) is 0 Å². The molecule has 0 atom stereocenters. The Kier molecular flexibility index (Phi) is 4.58. The van der Waals surface area contributed by atoms with Crippen molar-refractivity contribution >= 4 is 23.1 Å². The molecule has 0 fully saturated rings. The second kappa shape index (κ2) is 6.39. The highest BCUT2D eigenvalue weighted by molar-refractivity contribution is 6.31. The average Bonchev–Trinajstić information content (AvgIpc) is 2.39. The minimum Gasteiger partial charge on any atom is -0.398 e. The number of benzene rings is 2. The van der Waals surface area contributed by atoms with Crippen molar-refractivity contribution < 1.29 is 4.79 Å². The van der Waals surface area contributed by atoms with Crippen LogP contribution in [0, 0.1) is 0 Å². The molecule has 2 nitrogen and oxygen atoms in total. The predicted octanol–water partition coefficient (Wildman–Crippen LogP) is 4.13. The maximum atomic E-state index is 12.0. The molecule has 98 valence electrons. The number of nitrogen functional groups attached to an aromatic ring is 1. The van der Waals surface area contributed by atoms with E-state index in [1.165, 1.54) is 5.56 Å². The smallest absolute Gasteiger partial charge is 0.164 e. The lowest BCUT2D eigenvalue weighted by atomic mass is 10.0. The summed E-state index contributed by atoms with van der Waals surface area (Å²) < 4.78 is 0. The van der Waals surface area contributed by atoms with Crippen LogP contribution in [-0.2, 0) is 6.42 Å². The molecule has 3 heteroatoms. The largest absolute Gasteiger partial charge is 0.398 e. The van der Waals surface area contributed by atoms with Gasteiger partial charge in [0.25, 0.3) is 0 Å². The molecule has 2 aromatic carbocycles. The first-order valence-electron chi connectivity index (χ1n) is 6.29. The van der Waals surface area contributed by atoms with Crippen molar-refractivity contribution in [3.05, 3.63) is 64.7 Å². The Morgan fingerprint density at radius 1 is 1.11 bits per heavy atom. The lowest BCUT2D eigenvalue weighted by Gasteiger charge is -2.05. The van der Waals surface area contributed by atoms with E-state index in [9.17, 15) is 4.79 Å². The van der Waals surface area contributed by atoms with Crippen molar-refractivity contribution in [2.45, 2.75) is 19.3 Å². The minimum absolute atomic E-state index is 0.0742. The molecule has 0 radical (unpaired) electrons. The van der Waals surface area contributed by atoms with E-state index in [0.29, 0.717) is 22.7 Å². The van der Waals surface area contributed by atoms with Crippen LogP contribution in [-0.4, -0.2) is 5.78 Å². The molecular weight excluding hydrogens is 258 g/mol. The predicted molar refractivity (Wildman–Crippen MR) is 79.6 cm³/mol. The lowest BCUT2D eigenvalue weighted by Crippen LogP contribution is -2.04. The summed E-state index contributed by atoms with van der Waals surface area (Å²) in [6, 6.07) is 15.2. The third-order valence-electron chi connectivity index (χ3n) is 3.03. The van der Waals surface area contributed by atoms with Crippen molar-refractivity contribution in [3.8, 4) is 0 Å². The number of carbonyl (C=O) groups is 1. The molecule has 0 saturated carbocycles. The first kappa shape index (κ1) is 13.6. The highest BCUT2D eigenvalue weighted by Gasteiger charge is 2.09. The SMILES string of the molecule is Nc1cc(Cl)ccc1C(=O)CCCc1ccccc1. The molecule has 0 aliphatic carbocycles. The van der Waals surface area contributed by atoms with Gasteiger partial charge in [-0.2, -0.15) is 0 Å². The fraction of sp³-hybridized carbons (Fsp3) is 0.188. The van der Waals surface area contributed by atoms with Crippen LogP contribution in [0.1, 0.15) is 28.8 Å². The molecular formula is C16H16ClNO. The Morgan fingerprint density at radius 3 is 2.53 bits per heavy atom. The van der Waals surface area contributed by atoms with Crippen LogP contribution in [0.2, 0.25) is 5.02 Å². The molecule has 19 heavy (non-hydrogen) atoms. The van der Waals surface area contributed by atoms with Crippen molar-refractivity contribution in [2.24, 2.45) is 0 Å². The Hall–Kier alpha value is -1.80. The number of aryl methyl sites for hydroxylation is 1. The number of hydrogen-bond donors (Lipinski definition) is 1. The van der Waals surface area contributed by atoms with Crippen LogP contribution < -0.4 is 5.73 Å². The second-order valence-electron chi connectivity index (χ2n) is 4.49. The van der Waals surface area contributed by atoms with Gasteiger partial charge in [0.05, 0.1) is 0 Å². The van der Waals surface area contributed by atoms with Gasteiger partial charge < -0.3 is 5.73 Å². The molecule has 0 heterocycles. The molecule has 0 amide bonds. The minimum atomic E-state index is 0.0742. The highest BCUT2D eigenvalue weighted by atomic mass is 35.5. The molecule has 0 saturated heterocycles. The monoisotopic (exact) mass is 273 g/mol. The molecule has 2 aromatic rings. The maximum absolute atomic E-state index is 12.0. The van der Waals surface area contributed by atoms with Crippen LogP contribution in [0.4, 0.5) is 5.69 Å². The van der Waals surface area contributed by atoms with Crippen LogP contribution >= 0.6 is 11.6 Å². The van der Waals surface area contributed by atoms with E-state index in [1.807, 2.05) is 18.2 Å². The van der Waals surface area contributed by atoms with Crippen molar-refractivity contribution in [3.63, 3.8) is 0 Å². The number of halogens is 1. The Balaban J connectivity index is 1.91. The topological polar surface area (TPSA) is 43.1 Å². The zero-order valence-corrected chi connectivity index (χ0v) is 11.4. The fourth-order valence-electron chi connectivity index (χ4n) is 2.02. The Bertz CT molecular complexity index is 566. The fourth-order valence-corrected chi connectivity index (χ4v) is 2.20. The molecule has 2 N–H and O–H groups in total. The molecule has 0 spiro atoms. The van der Waals surface area contributed by atoms with Crippen LogP contribution in [0.5, 0.6) is 0 Å². The molecule has 2 rings (SSSR count). The van der Waals surface area contributed by atoms with Crippen molar-refractivity contribution in [1.29, 1.82) is 0 Å². The van der Waals surface area contributed by atoms with Gasteiger partial charge in [0.2, 0.25) is 0 Å². The molecule has 0 aromatic heterocycles. The van der Waals surface area contributed by atoms with Gasteiger partial charge in [-0.1, -0.05) is 41.9 Å². The summed E-state index contributed by atoms with van der Waals surface area (Å²) in [5.74, 6) is 0.0742.